The number of nitrogens with zero attached hydrogens (tertiary/aromatic N) is 5. The van der Waals surface area contributed by atoms with Crippen LogP contribution in [-0.2, 0) is 51.0 Å². The first kappa shape index (κ1) is 60.8. The van der Waals surface area contributed by atoms with E-state index in [1.165, 1.54) is 46.9 Å². The molecule has 0 spiro atoms. The van der Waals surface area contributed by atoms with Crippen LogP contribution in [0, 0.1) is 6.92 Å². The van der Waals surface area contributed by atoms with Crippen molar-refractivity contribution in [1.82, 2.24) is 30.6 Å². The molecule has 5 aromatic rings. The van der Waals surface area contributed by atoms with Gasteiger partial charge < -0.3 is 65.0 Å². The molecule has 7 N–H and O–H groups in total. The SMILES string of the molecule is COc1cccc2c1C(=O)c1cc3c(cc1C2=O)C[C@@](O)(C(=O)CO)C[C@@H]3O[C@H]1C[C@@H](NC(=O)OCCSSCCOC(=O)CC[C@@H](NC(=O)c2ccc(N(C)Cc3cnc4nc(C)nc(N)c4n3)cc2)C(=O)OC(C)C)[C@H](O)[C@H](C)O1. The minimum Gasteiger partial charge on any atom is -0.496 e. The molecule has 2 amide bonds. The fraction of sp³-hybridized carbons (Fsp3) is 0.446. The monoisotopic (exact) mass is 1170 g/mol. The Morgan fingerprint density at radius 2 is 1.68 bits per heavy atom. The number of Topliss-reactive ketones (excluding diaryl/α,β-unsaturated/α-hetero) is 1. The van der Waals surface area contributed by atoms with Crippen LogP contribution >= 0.6 is 21.6 Å². The zero-order valence-electron chi connectivity index (χ0n) is 45.9. The third kappa shape index (κ3) is 14.3. The molecule has 0 radical (unpaired) electrons. The van der Waals surface area contributed by atoms with E-state index in [-0.39, 0.29) is 84.7 Å². The maximum atomic E-state index is 13.9. The Hall–Kier alpha value is -7.33. The average Bonchev–Trinajstić information content (AvgIpc) is 1.50. The van der Waals surface area contributed by atoms with Gasteiger partial charge in [0.1, 0.15) is 49.1 Å². The molecule has 8 rings (SSSR count). The van der Waals surface area contributed by atoms with Gasteiger partial charge in [0.25, 0.3) is 5.91 Å². The number of carbonyl (C=O) groups excluding carboxylic acids is 7. The molecule has 26 heteroatoms. The molecule has 7 atom stereocenters. The van der Waals surface area contributed by atoms with E-state index >= 15 is 0 Å². The molecule has 1 saturated heterocycles. The van der Waals surface area contributed by atoms with Crippen LogP contribution in [-0.4, -0.2) is 164 Å². The number of aromatic nitrogens is 4. The van der Waals surface area contributed by atoms with E-state index in [2.05, 4.69) is 30.6 Å². The fourth-order valence-corrected chi connectivity index (χ4v) is 11.5. The maximum Gasteiger partial charge on any atom is 0.407 e. The Balaban J connectivity index is 0.761. The quantitative estimate of drug-likeness (QED) is 0.0228. The second-order valence-corrected chi connectivity index (χ2v) is 22.8. The molecular weight excluding hydrogens is 1100 g/mol. The Morgan fingerprint density at radius 1 is 0.963 bits per heavy atom. The number of nitrogens with one attached hydrogen (secondary N) is 2. The van der Waals surface area contributed by atoms with E-state index in [1.54, 1.807) is 70.3 Å². The maximum absolute atomic E-state index is 13.9. The number of nitrogens with two attached hydrogens (primary N) is 1. The van der Waals surface area contributed by atoms with Gasteiger partial charge in [-0.15, -0.1) is 0 Å². The van der Waals surface area contributed by atoms with Crippen molar-refractivity contribution >= 4 is 85.5 Å². The highest BCUT2D eigenvalue weighted by molar-refractivity contribution is 8.76. The van der Waals surface area contributed by atoms with Crippen molar-refractivity contribution in [3.63, 3.8) is 0 Å². The highest BCUT2D eigenvalue weighted by atomic mass is 33.1. The molecule has 1 aliphatic heterocycles. The van der Waals surface area contributed by atoms with Crippen LogP contribution in [0.2, 0.25) is 0 Å². The highest BCUT2D eigenvalue weighted by Crippen LogP contribution is 2.44. The summed E-state index contributed by atoms with van der Waals surface area (Å²) in [4.78, 5) is 112. The van der Waals surface area contributed by atoms with Gasteiger partial charge in [0, 0.05) is 72.2 Å². The van der Waals surface area contributed by atoms with Crippen molar-refractivity contribution in [3.05, 3.63) is 111 Å². The molecule has 3 aromatic carbocycles. The number of ether oxygens (including phenoxy) is 6. The summed E-state index contributed by atoms with van der Waals surface area (Å²) < 4.78 is 33.9. The number of hydrogen-bond acceptors (Lipinski definition) is 24. The number of benzene rings is 3. The van der Waals surface area contributed by atoms with Crippen LogP contribution in [0.15, 0.2) is 60.8 Å². The molecule has 0 unspecified atom stereocenters. The van der Waals surface area contributed by atoms with Crippen LogP contribution in [0.3, 0.4) is 0 Å². The number of aliphatic hydroxyl groups excluding tert-OH is 2. The Labute approximate surface area is 479 Å². The number of methoxy groups -OCH3 is 1. The predicted octanol–water partition coefficient (Wildman–Crippen LogP) is 4.07. The largest absolute Gasteiger partial charge is 0.496 e. The molecule has 1 fully saturated rings. The summed E-state index contributed by atoms with van der Waals surface area (Å²) in [6, 6.07) is 12.3. The number of ketones is 3. The Kier molecular flexibility index (Phi) is 19.8. The van der Waals surface area contributed by atoms with E-state index in [0.717, 1.165) is 5.69 Å². The third-order valence-electron chi connectivity index (χ3n) is 13.9. The summed E-state index contributed by atoms with van der Waals surface area (Å²) >= 11 is 0. The lowest BCUT2D eigenvalue weighted by Crippen LogP contribution is -2.56. The minimum absolute atomic E-state index is 0.0225. The van der Waals surface area contributed by atoms with Gasteiger partial charge in [0.2, 0.25) is 0 Å². The lowest BCUT2D eigenvalue weighted by Gasteiger charge is -2.42. The Bertz CT molecular complexity index is 3240. The second kappa shape index (κ2) is 26.7. The van der Waals surface area contributed by atoms with E-state index in [9.17, 15) is 48.9 Å². The van der Waals surface area contributed by atoms with E-state index < -0.39 is 96.3 Å². The van der Waals surface area contributed by atoms with Crippen LogP contribution in [0.25, 0.3) is 11.2 Å². The number of alkyl carbamates (subject to hydrolysis) is 1. The number of nitrogen functional groups attached to an aromatic ring is 1. The fourth-order valence-electron chi connectivity index (χ4n) is 9.81. The van der Waals surface area contributed by atoms with Gasteiger partial charge in [0.15, 0.2) is 40.6 Å². The molecule has 436 valence electrons. The van der Waals surface area contributed by atoms with Gasteiger partial charge in [-0.1, -0.05) is 33.7 Å². The van der Waals surface area contributed by atoms with Gasteiger partial charge in [-0.25, -0.2) is 29.5 Å². The predicted molar refractivity (Wildman–Crippen MR) is 299 cm³/mol. The zero-order valence-corrected chi connectivity index (χ0v) is 47.5. The number of amides is 2. The summed E-state index contributed by atoms with van der Waals surface area (Å²) in [5.74, 6) is -1.94. The zero-order chi connectivity index (χ0) is 59.0. The van der Waals surface area contributed by atoms with Crippen LogP contribution in [0.4, 0.5) is 16.3 Å². The smallest absolute Gasteiger partial charge is 0.407 e. The first-order valence-corrected chi connectivity index (χ1v) is 28.9. The van der Waals surface area contributed by atoms with Gasteiger partial charge in [-0.2, -0.15) is 0 Å². The van der Waals surface area contributed by atoms with Crippen molar-refractivity contribution in [2.24, 2.45) is 0 Å². The van der Waals surface area contributed by atoms with Crippen LogP contribution in [0.1, 0.15) is 117 Å². The van der Waals surface area contributed by atoms with Gasteiger partial charge in [0.05, 0.1) is 55.5 Å². The van der Waals surface area contributed by atoms with Gasteiger partial charge in [-0.3, -0.25) is 24.0 Å². The number of esters is 2. The minimum atomic E-state index is -2.11. The second-order valence-electron chi connectivity index (χ2n) is 20.1. The summed E-state index contributed by atoms with van der Waals surface area (Å²) in [6.45, 7) is 6.05. The number of anilines is 2. The number of rotatable bonds is 23. The third-order valence-corrected chi connectivity index (χ3v) is 16.2. The lowest BCUT2D eigenvalue weighted by atomic mass is 9.73. The molecule has 82 heavy (non-hydrogen) atoms. The van der Waals surface area contributed by atoms with Gasteiger partial charge in [-0.05, 0) is 87.7 Å². The highest BCUT2D eigenvalue weighted by Gasteiger charge is 2.47. The molecule has 2 aromatic heterocycles. The number of aryl methyl sites for hydroxylation is 1. The van der Waals surface area contributed by atoms with E-state index in [1.807, 2.05) is 11.9 Å². The van der Waals surface area contributed by atoms with Crippen LogP contribution in [0.5, 0.6) is 5.75 Å². The van der Waals surface area contributed by atoms with Crippen LogP contribution < -0.4 is 26.0 Å². The van der Waals surface area contributed by atoms with Crippen molar-refractivity contribution in [1.29, 1.82) is 0 Å². The summed E-state index contributed by atoms with van der Waals surface area (Å²) in [6.07, 6.45) is -4.97. The molecular formula is C56H64N8O16S2. The number of aliphatic hydroxyl groups is 3. The summed E-state index contributed by atoms with van der Waals surface area (Å²) in [5, 5.41) is 37.8. The number of carbonyl (C=O) groups is 7. The lowest BCUT2D eigenvalue weighted by molar-refractivity contribution is -0.249. The molecule has 24 nitrogen and oxygen atoms in total. The van der Waals surface area contributed by atoms with Crippen molar-refractivity contribution < 1.29 is 77.3 Å². The molecule has 3 aliphatic rings. The van der Waals surface area contributed by atoms with Crippen molar-refractivity contribution in [2.45, 2.75) is 115 Å². The van der Waals surface area contributed by atoms with E-state index in [0.29, 0.717) is 51.9 Å². The standard InChI is InChI=1S/C56H64N8O16S2/c1-28(2)78-54(72)39(62-53(71)31-10-12-34(13-11-31)64(5)26-33-25-58-52-47(61-33)51(57)59-30(4)60-52)14-15-44(67)76-16-18-81-82-19-17-77-55(73)63-40-22-45(79-29(3)48(40)68)80-42-24-56(74,43(66)27-65)23-32-20-37-38(21-36(32)42)50(70)46-35(49(37)69)8-7-9-41(46)75-6/h7-13,20-21,25,28-29,39-40,42,45,48,65,68,74H,14-19,22-24,26-27H2,1-6H3,(H,62,71)(H,63,73)(H2,57,58,59,60)/t29-,39+,40+,42-,45-,48+,56-/m0/s1. The number of fused-ring (bicyclic) bond motifs is 4. The van der Waals surface area contributed by atoms with Gasteiger partial charge >= 0.3 is 18.0 Å². The Morgan fingerprint density at radius 3 is 2.39 bits per heavy atom. The molecule has 0 saturated carbocycles. The molecule has 2 aliphatic carbocycles. The van der Waals surface area contributed by atoms with Crippen molar-refractivity contribution in [2.75, 3.05) is 56.1 Å². The summed E-state index contributed by atoms with van der Waals surface area (Å²) in [7, 11) is 5.95. The van der Waals surface area contributed by atoms with Crippen molar-refractivity contribution in [3.8, 4) is 5.75 Å². The summed E-state index contributed by atoms with van der Waals surface area (Å²) in [5.41, 5.74) is 7.55. The molecule has 0 bridgehead atoms. The average molecular weight is 1170 g/mol. The van der Waals surface area contributed by atoms with E-state index in [4.69, 9.17) is 34.2 Å². The normalized spacial score (nSPS) is 20.4. The molecule has 3 heterocycles. The topological polar surface area (TPSA) is 340 Å². The number of hydrogen-bond donors (Lipinski definition) is 6. The first-order chi connectivity index (χ1) is 39.2. The first-order valence-electron chi connectivity index (χ1n) is 26.4.